The first-order valence-electron chi connectivity index (χ1n) is 6.26. The summed E-state index contributed by atoms with van der Waals surface area (Å²) in [5.41, 5.74) is 2.40. The molecule has 2 aromatic carbocycles. The summed E-state index contributed by atoms with van der Waals surface area (Å²) in [6, 6.07) is 17.4. The topological polar surface area (TPSA) is 45.8 Å². The third kappa shape index (κ3) is 3.08. The van der Waals surface area contributed by atoms with Crippen molar-refractivity contribution in [1.82, 2.24) is 9.97 Å². The van der Waals surface area contributed by atoms with E-state index in [1.807, 2.05) is 77.2 Å². The molecule has 0 bridgehead atoms. The van der Waals surface area contributed by atoms with Gasteiger partial charge in [-0.1, -0.05) is 58.4 Å². The van der Waals surface area contributed by atoms with E-state index < -0.39 is 0 Å². The normalized spacial score (nSPS) is 10.6. The monoisotopic (exact) mass is 452 g/mol. The standard InChI is InChI=1S/C16H10BrIN2O/c17-12-8-6-11(7-9-12)15-19-14(13(18)16(21)20-15)10-4-2-1-3-5-10/h1-9H,(H,19,20,21). The quantitative estimate of drug-likeness (QED) is 0.583. The van der Waals surface area contributed by atoms with Gasteiger partial charge in [0.2, 0.25) is 0 Å². The molecule has 0 spiro atoms. The van der Waals surface area contributed by atoms with E-state index in [1.165, 1.54) is 0 Å². The Hall–Kier alpha value is -1.47. The largest absolute Gasteiger partial charge is 0.306 e. The van der Waals surface area contributed by atoms with Crippen LogP contribution in [0.4, 0.5) is 0 Å². The lowest BCUT2D eigenvalue weighted by molar-refractivity contribution is 1.11. The number of aromatic nitrogens is 2. The highest BCUT2D eigenvalue weighted by atomic mass is 127. The van der Waals surface area contributed by atoms with Gasteiger partial charge in [0.25, 0.3) is 5.56 Å². The zero-order valence-electron chi connectivity index (χ0n) is 10.8. The Bertz CT molecular complexity index is 829. The van der Waals surface area contributed by atoms with Crippen LogP contribution in [0.15, 0.2) is 63.9 Å². The SMILES string of the molecule is O=c1[nH]c(-c2ccc(Br)cc2)nc(-c2ccccc2)c1I. The van der Waals surface area contributed by atoms with Crippen molar-refractivity contribution >= 4 is 38.5 Å². The van der Waals surface area contributed by atoms with Crippen LogP contribution in [0.5, 0.6) is 0 Å². The van der Waals surface area contributed by atoms with E-state index >= 15 is 0 Å². The molecule has 1 N–H and O–H groups in total. The van der Waals surface area contributed by atoms with E-state index in [1.54, 1.807) is 0 Å². The maximum Gasteiger partial charge on any atom is 0.265 e. The minimum absolute atomic E-state index is 0.123. The Kier molecular flexibility index (Phi) is 4.21. The predicted octanol–water partition coefficient (Wildman–Crippen LogP) is 4.47. The van der Waals surface area contributed by atoms with Crippen LogP contribution in [0.25, 0.3) is 22.6 Å². The van der Waals surface area contributed by atoms with Crippen LogP contribution >= 0.6 is 38.5 Å². The second kappa shape index (κ2) is 6.11. The van der Waals surface area contributed by atoms with E-state index in [4.69, 9.17) is 0 Å². The Morgan fingerprint density at radius 2 is 1.62 bits per heavy atom. The molecule has 21 heavy (non-hydrogen) atoms. The fourth-order valence-corrected chi connectivity index (χ4v) is 2.82. The van der Waals surface area contributed by atoms with Gasteiger partial charge in [0.15, 0.2) is 0 Å². The number of benzene rings is 2. The van der Waals surface area contributed by atoms with Crippen molar-refractivity contribution in [3.05, 3.63) is 73.0 Å². The lowest BCUT2D eigenvalue weighted by Crippen LogP contribution is -2.14. The number of halogens is 2. The molecule has 1 aromatic heterocycles. The molecule has 0 amide bonds. The number of nitrogens with one attached hydrogen (secondary N) is 1. The van der Waals surface area contributed by atoms with Gasteiger partial charge in [0, 0.05) is 15.6 Å². The van der Waals surface area contributed by atoms with Gasteiger partial charge in [-0.25, -0.2) is 4.98 Å². The second-order valence-electron chi connectivity index (χ2n) is 4.45. The van der Waals surface area contributed by atoms with Gasteiger partial charge in [0.1, 0.15) is 9.39 Å². The minimum Gasteiger partial charge on any atom is -0.306 e. The molecule has 0 radical (unpaired) electrons. The first-order chi connectivity index (χ1) is 10.1. The van der Waals surface area contributed by atoms with Crippen molar-refractivity contribution < 1.29 is 0 Å². The summed E-state index contributed by atoms with van der Waals surface area (Å²) in [5, 5.41) is 0. The summed E-state index contributed by atoms with van der Waals surface area (Å²) in [6.07, 6.45) is 0. The number of hydrogen-bond donors (Lipinski definition) is 1. The van der Waals surface area contributed by atoms with Crippen LogP contribution < -0.4 is 5.56 Å². The van der Waals surface area contributed by atoms with Crippen LogP contribution in [0.1, 0.15) is 0 Å². The van der Waals surface area contributed by atoms with Crippen molar-refractivity contribution in [2.24, 2.45) is 0 Å². The average Bonchev–Trinajstić information content (AvgIpc) is 2.51. The summed E-state index contributed by atoms with van der Waals surface area (Å²) in [4.78, 5) is 19.6. The van der Waals surface area contributed by atoms with Crippen molar-refractivity contribution in [2.45, 2.75) is 0 Å². The summed E-state index contributed by atoms with van der Waals surface area (Å²) < 4.78 is 1.59. The van der Waals surface area contributed by atoms with Gasteiger partial charge in [-0.05, 0) is 34.7 Å². The van der Waals surface area contributed by atoms with Gasteiger partial charge >= 0.3 is 0 Å². The maximum atomic E-state index is 12.2. The number of hydrogen-bond acceptors (Lipinski definition) is 2. The van der Waals surface area contributed by atoms with Crippen molar-refractivity contribution in [1.29, 1.82) is 0 Å². The highest BCUT2D eigenvalue weighted by Gasteiger charge is 2.11. The fraction of sp³-hybridized carbons (Fsp3) is 0. The fourth-order valence-electron chi connectivity index (χ4n) is 1.99. The molecule has 3 aromatic rings. The molecule has 0 aliphatic heterocycles. The van der Waals surface area contributed by atoms with Crippen LogP contribution in [-0.2, 0) is 0 Å². The summed E-state index contributed by atoms with van der Waals surface area (Å²) in [6.45, 7) is 0. The van der Waals surface area contributed by atoms with Gasteiger partial charge in [0.05, 0.1) is 5.69 Å². The maximum absolute atomic E-state index is 12.2. The molecule has 5 heteroatoms. The minimum atomic E-state index is -0.123. The van der Waals surface area contributed by atoms with Gasteiger partial charge in [-0.2, -0.15) is 0 Å². The number of aromatic amines is 1. The highest BCUT2D eigenvalue weighted by Crippen LogP contribution is 2.24. The summed E-state index contributed by atoms with van der Waals surface area (Å²) in [7, 11) is 0. The molecule has 3 rings (SSSR count). The lowest BCUT2D eigenvalue weighted by atomic mass is 10.1. The molecular weight excluding hydrogens is 443 g/mol. The van der Waals surface area contributed by atoms with Crippen molar-refractivity contribution in [3.8, 4) is 22.6 Å². The van der Waals surface area contributed by atoms with Crippen molar-refractivity contribution in [3.63, 3.8) is 0 Å². The Balaban J connectivity index is 2.19. The number of nitrogens with zero attached hydrogens (tertiary/aromatic N) is 1. The first-order valence-corrected chi connectivity index (χ1v) is 8.13. The van der Waals surface area contributed by atoms with E-state index in [9.17, 15) is 4.79 Å². The zero-order valence-corrected chi connectivity index (χ0v) is 14.6. The van der Waals surface area contributed by atoms with Crippen LogP contribution in [0, 0.1) is 3.57 Å². The van der Waals surface area contributed by atoms with Crippen LogP contribution in [-0.4, -0.2) is 9.97 Å². The molecule has 0 atom stereocenters. The second-order valence-corrected chi connectivity index (χ2v) is 6.44. The zero-order chi connectivity index (χ0) is 14.8. The third-order valence-corrected chi connectivity index (χ3v) is 4.56. The Labute approximate surface area is 143 Å². The smallest absolute Gasteiger partial charge is 0.265 e. The summed E-state index contributed by atoms with van der Waals surface area (Å²) in [5.74, 6) is 0.576. The number of rotatable bonds is 2. The molecule has 104 valence electrons. The first kappa shape index (κ1) is 14.5. The molecule has 0 saturated heterocycles. The molecule has 0 unspecified atom stereocenters. The lowest BCUT2D eigenvalue weighted by Gasteiger charge is -2.07. The van der Waals surface area contributed by atoms with Gasteiger partial charge in [-0.3, -0.25) is 4.79 Å². The van der Waals surface area contributed by atoms with Gasteiger partial charge in [-0.15, -0.1) is 0 Å². The van der Waals surface area contributed by atoms with E-state index in [0.717, 1.165) is 15.6 Å². The molecule has 3 nitrogen and oxygen atoms in total. The van der Waals surface area contributed by atoms with E-state index in [2.05, 4.69) is 25.9 Å². The highest BCUT2D eigenvalue weighted by molar-refractivity contribution is 14.1. The van der Waals surface area contributed by atoms with E-state index in [-0.39, 0.29) is 5.56 Å². The van der Waals surface area contributed by atoms with Crippen molar-refractivity contribution in [2.75, 3.05) is 0 Å². The van der Waals surface area contributed by atoms with E-state index in [0.29, 0.717) is 15.1 Å². The molecule has 0 aliphatic rings. The van der Waals surface area contributed by atoms with Crippen LogP contribution in [0.2, 0.25) is 0 Å². The van der Waals surface area contributed by atoms with Crippen LogP contribution in [0.3, 0.4) is 0 Å². The van der Waals surface area contributed by atoms with Gasteiger partial charge < -0.3 is 4.98 Å². The molecular formula is C16H10BrIN2O. The predicted molar refractivity (Wildman–Crippen MR) is 96.1 cm³/mol. The average molecular weight is 453 g/mol. The molecule has 0 saturated carbocycles. The summed E-state index contributed by atoms with van der Waals surface area (Å²) >= 11 is 5.44. The molecule has 0 fully saturated rings. The third-order valence-electron chi connectivity index (χ3n) is 3.03. The molecule has 0 aliphatic carbocycles. The Morgan fingerprint density at radius 1 is 0.952 bits per heavy atom. The molecule has 1 heterocycles. The Morgan fingerprint density at radius 3 is 2.29 bits per heavy atom. The number of H-pyrrole nitrogens is 1.